The molecule has 9 atom stereocenters. The number of rotatable bonds is 3. The highest BCUT2D eigenvalue weighted by molar-refractivity contribution is 6.01. The van der Waals surface area contributed by atoms with Gasteiger partial charge in [-0.25, -0.2) is 8.78 Å². The summed E-state index contributed by atoms with van der Waals surface area (Å²) in [7, 11) is 0. The monoisotopic (exact) mass is 494 g/mol. The van der Waals surface area contributed by atoms with Crippen molar-refractivity contribution in [3.05, 3.63) is 23.8 Å². The number of allylic oxidation sites excluding steroid dienone is 4. The Morgan fingerprint density at radius 2 is 1.83 bits per heavy atom. The van der Waals surface area contributed by atoms with Crippen LogP contribution in [0.25, 0.3) is 0 Å². The summed E-state index contributed by atoms with van der Waals surface area (Å²) >= 11 is 0. The maximum absolute atomic E-state index is 17.1. The molecule has 4 aliphatic carbocycles. The van der Waals surface area contributed by atoms with E-state index >= 15 is 8.78 Å². The normalized spacial score (nSPS) is 46.9. The molecule has 0 heterocycles. The fourth-order valence-corrected chi connectivity index (χ4v) is 7.59. The summed E-state index contributed by atoms with van der Waals surface area (Å²) in [5.41, 5.74) is -7.87. The molecule has 35 heavy (non-hydrogen) atoms. The molecule has 194 valence electrons. The van der Waals surface area contributed by atoms with Crippen LogP contribution in [-0.2, 0) is 19.1 Å². The Labute approximate surface area is 204 Å². The molecule has 3 fully saturated rings. The molecule has 0 aromatic carbocycles. The molecule has 0 aromatic rings. The van der Waals surface area contributed by atoms with Crippen LogP contribution < -0.4 is 0 Å². The van der Waals surface area contributed by atoms with Crippen LogP contribution in [0.15, 0.2) is 23.8 Å². The van der Waals surface area contributed by atoms with Crippen molar-refractivity contribution in [2.45, 2.75) is 84.4 Å². The summed E-state index contributed by atoms with van der Waals surface area (Å²) < 4.78 is 37.8. The number of aliphatic hydroxyl groups is 2. The minimum Gasteiger partial charge on any atom is -0.457 e. The lowest BCUT2D eigenvalue weighted by molar-refractivity contribution is -0.224. The highest BCUT2D eigenvalue weighted by Gasteiger charge is 2.76. The van der Waals surface area contributed by atoms with Gasteiger partial charge in [-0.15, -0.1) is 0 Å². The number of halogens is 2. The number of ether oxygens (including phenoxy) is 1. The molecule has 8 heteroatoms. The van der Waals surface area contributed by atoms with E-state index in [1.807, 2.05) is 0 Å². The molecule has 4 aliphatic rings. The second kappa shape index (κ2) is 7.78. The van der Waals surface area contributed by atoms with Gasteiger partial charge < -0.3 is 14.9 Å². The van der Waals surface area contributed by atoms with Gasteiger partial charge in [0.25, 0.3) is 0 Å². The highest BCUT2D eigenvalue weighted by Crippen LogP contribution is 2.70. The van der Waals surface area contributed by atoms with Crippen molar-refractivity contribution < 1.29 is 38.1 Å². The molecule has 0 spiro atoms. The van der Waals surface area contributed by atoms with E-state index in [9.17, 15) is 24.6 Å². The number of Topliss-reactive ketones (excluding diaryl/α,β-unsaturated/α-hetero) is 1. The first-order valence-corrected chi connectivity index (χ1v) is 12.3. The van der Waals surface area contributed by atoms with Crippen molar-refractivity contribution in [3.63, 3.8) is 0 Å². The van der Waals surface area contributed by atoms with Crippen LogP contribution in [0, 0.1) is 34.0 Å². The lowest BCUT2D eigenvalue weighted by Crippen LogP contribution is -2.70. The Balaban J connectivity index is 1.72. The zero-order valence-corrected chi connectivity index (χ0v) is 21.2. The first-order chi connectivity index (χ1) is 15.9. The number of ketones is 2. The average Bonchev–Trinajstić information content (AvgIpc) is 2.96. The van der Waals surface area contributed by atoms with E-state index in [4.69, 9.17) is 4.74 Å². The smallest absolute Gasteiger partial charge is 0.311 e. The molecule has 0 aromatic heterocycles. The van der Waals surface area contributed by atoms with E-state index in [1.165, 1.54) is 19.1 Å². The van der Waals surface area contributed by atoms with Gasteiger partial charge in [-0.2, -0.15) is 0 Å². The topological polar surface area (TPSA) is 101 Å². The first-order valence-electron chi connectivity index (χ1n) is 12.3. The van der Waals surface area contributed by atoms with E-state index in [0.717, 1.165) is 6.08 Å². The number of carbonyl (C=O) groups is 3. The lowest BCUT2D eigenvalue weighted by atomic mass is 9.44. The molecule has 6 nitrogen and oxygen atoms in total. The van der Waals surface area contributed by atoms with Crippen molar-refractivity contribution >= 4 is 17.5 Å². The van der Waals surface area contributed by atoms with Crippen LogP contribution in [0.5, 0.6) is 0 Å². The van der Waals surface area contributed by atoms with Gasteiger partial charge in [-0.1, -0.05) is 19.9 Å². The number of fused-ring (bicyclic) bond motifs is 5. The molecule has 3 saturated carbocycles. The maximum atomic E-state index is 17.1. The fraction of sp³-hybridized carbons (Fsp3) is 0.741. The van der Waals surface area contributed by atoms with Crippen molar-refractivity contribution in [2.75, 3.05) is 6.61 Å². The molecule has 0 unspecified atom stereocenters. The lowest BCUT2D eigenvalue weighted by Gasteiger charge is -2.63. The van der Waals surface area contributed by atoms with E-state index in [2.05, 4.69) is 0 Å². The average molecular weight is 495 g/mol. The molecule has 4 rings (SSSR count). The zero-order valence-electron chi connectivity index (χ0n) is 21.2. The Hall–Kier alpha value is -1.93. The fourth-order valence-electron chi connectivity index (χ4n) is 7.59. The molecule has 0 amide bonds. The van der Waals surface area contributed by atoms with Gasteiger partial charge in [-0.05, 0) is 76.5 Å². The third-order valence-corrected chi connectivity index (χ3v) is 9.58. The first kappa shape index (κ1) is 26.1. The van der Waals surface area contributed by atoms with Crippen LogP contribution in [0.4, 0.5) is 8.78 Å². The van der Waals surface area contributed by atoms with Crippen LogP contribution in [0.1, 0.15) is 60.8 Å². The van der Waals surface area contributed by atoms with E-state index in [-0.39, 0.29) is 24.8 Å². The van der Waals surface area contributed by atoms with E-state index < -0.39 is 81.7 Å². The van der Waals surface area contributed by atoms with E-state index in [1.54, 1.807) is 34.6 Å². The standard InChI is InChI=1S/C27H36F2O6/c1-14-9-16-17-11-19(28)18-10-15(30)7-8-24(18,5)26(17,29)20(31)12-25(16,6)27(14,34)21(32)13-35-22(33)23(2,3)4/h7-8,10,14,16-17,19-20,31,34H,9,11-13H2,1-6H3/t14-,16-,17-,19-,20-,24-,25-,26-,27-/m0/s1. The zero-order chi connectivity index (χ0) is 26.4. The van der Waals surface area contributed by atoms with Crippen LogP contribution in [-0.4, -0.2) is 57.9 Å². The summed E-state index contributed by atoms with van der Waals surface area (Å²) in [6.07, 6.45) is 0.249. The summed E-state index contributed by atoms with van der Waals surface area (Å²) in [6.45, 7) is 9.15. The highest BCUT2D eigenvalue weighted by atomic mass is 19.1. The molecular formula is C27H36F2O6. The predicted molar refractivity (Wildman–Crippen MR) is 124 cm³/mol. The number of esters is 1. The summed E-state index contributed by atoms with van der Waals surface area (Å²) in [6, 6.07) is 0. The van der Waals surface area contributed by atoms with Crippen molar-refractivity contribution in [1.29, 1.82) is 0 Å². The molecule has 0 radical (unpaired) electrons. The van der Waals surface area contributed by atoms with Crippen molar-refractivity contribution in [3.8, 4) is 0 Å². The van der Waals surface area contributed by atoms with Crippen LogP contribution in [0.3, 0.4) is 0 Å². The number of alkyl halides is 2. The largest absolute Gasteiger partial charge is 0.457 e. The SMILES string of the molecule is C[C@H]1C[C@H]2[C@@H]3C[C@H](F)C4=CC(=O)C=C[C@]4(C)[C@@]3(F)[C@@H](O)C[C@]2(C)[C@@]1(O)C(=O)COC(=O)C(C)(C)C. The Morgan fingerprint density at radius 3 is 2.43 bits per heavy atom. The minimum absolute atomic E-state index is 0.0258. The van der Waals surface area contributed by atoms with Gasteiger partial charge in [0.2, 0.25) is 5.78 Å². The maximum Gasteiger partial charge on any atom is 0.311 e. The number of hydrogen-bond acceptors (Lipinski definition) is 6. The second-order valence-electron chi connectivity index (χ2n) is 12.5. The van der Waals surface area contributed by atoms with Gasteiger partial charge in [0.05, 0.1) is 11.5 Å². The Morgan fingerprint density at radius 1 is 1.20 bits per heavy atom. The molecule has 0 saturated heterocycles. The third-order valence-electron chi connectivity index (χ3n) is 9.58. The molecule has 0 aliphatic heterocycles. The van der Waals surface area contributed by atoms with Crippen LogP contribution in [0.2, 0.25) is 0 Å². The quantitative estimate of drug-likeness (QED) is 0.583. The summed E-state index contributed by atoms with van der Waals surface area (Å²) in [4.78, 5) is 37.5. The van der Waals surface area contributed by atoms with Crippen molar-refractivity contribution in [2.24, 2.45) is 34.0 Å². The second-order valence-corrected chi connectivity index (χ2v) is 12.5. The van der Waals surface area contributed by atoms with Gasteiger partial charge in [0.1, 0.15) is 11.8 Å². The third kappa shape index (κ3) is 3.28. The van der Waals surface area contributed by atoms with Gasteiger partial charge >= 0.3 is 5.97 Å². The Bertz CT molecular complexity index is 1030. The molecular weight excluding hydrogens is 458 g/mol. The minimum atomic E-state index is -2.28. The number of hydrogen-bond donors (Lipinski definition) is 2. The Kier molecular flexibility index (Phi) is 5.81. The van der Waals surface area contributed by atoms with Gasteiger partial charge in [0, 0.05) is 16.7 Å². The summed E-state index contributed by atoms with van der Waals surface area (Å²) in [5.74, 6) is -3.94. The van der Waals surface area contributed by atoms with Crippen LogP contribution >= 0.6 is 0 Å². The molecule has 2 N–H and O–H groups in total. The van der Waals surface area contributed by atoms with Gasteiger partial charge in [-0.3, -0.25) is 14.4 Å². The van der Waals surface area contributed by atoms with Gasteiger partial charge in [0.15, 0.2) is 18.1 Å². The number of carbonyl (C=O) groups excluding carboxylic acids is 3. The van der Waals surface area contributed by atoms with Crippen molar-refractivity contribution in [1.82, 2.24) is 0 Å². The predicted octanol–water partition coefficient (Wildman–Crippen LogP) is 3.44. The molecule has 0 bridgehead atoms. The number of aliphatic hydroxyl groups excluding tert-OH is 1. The van der Waals surface area contributed by atoms with E-state index in [0.29, 0.717) is 0 Å². The summed E-state index contributed by atoms with van der Waals surface area (Å²) in [5, 5.41) is 23.2.